The van der Waals surface area contributed by atoms with E-state index in [0.29, 0.717) is 24.8 Å². The predicted octanol–water partition coefficient (Wildman–Crippen LogP) is 0.0692. The van der Waals surface area contributed by atoms with Gasteiger partial charge in [-0.2, -0.15) is 9.40 Å². The molecule has 0 bridgehead atoms. The predicted molar refractivity (Wildman–Crippen MR) is 77.2 cm³/mol. The van der Waals surface area contributed by atoms with E-state index in [0.717, 1.165) is 19.5 Å². The number of aryl methyl sites for hydroxylation is 1. The maximum atomic E-state index is 12.9. The van der Waals surface area contributed by atoms with Gasteiger partial charge in [-0.15, -0.1) is 0 Å². The minimum absolute atomic E-state index is 0.147. The zero-order chi connectivity index (χ0) is 15.0. The van der Waals surface area contributed by atoms with Gasteiger partial charge in [0, 0.05) is 25.7 Å². The van der Waals surface area contributed by atoms with Crippen LogP contribution in [0.4, 0.5) is 0 Å². The summed E-state index contributed by atoms with van der Waals surface area (Å²) in [6.45, 7) is 4.21. The first-order valence-corrected chi connectivity index (χ1v) is 8.87. The first-order valence-electron chi connectivity index (χ1n) is 7.43. The van der Waals surface area contributed by atoms with Crippen molar-refractivity contribution in [3.05, 3.63) is 11.4 Å². The number of hydrogen-bond acceptors (Lipinski definition) is 5. The van der Waals surface area contributed by atoms with Gasteiger partial charge in [0.1, 0.15) is 10.6 Å². The molecule has 8 heteroatoms. The van der Waals surface area contributed by atoms with Crippen LogP contribution in [-0.2, 0) is 16.6 Å². The zero-order valence-corrected chi connectivity index (χ0v) is 13.1. The number of aliphatic hydroxyl groups excluding tert-OH is 1. The number of piperazine rings is 1. The van der Waals surface area contributed by atoms with Crippen molar-refractivity contribution >= 4 is 10.0 Å². The molecule has 3 rings (SSSR count). The SMILES string of the molecule is Cc1[nH]nc(CO)c1S(=O)(=O)N1CCN2CCCCC2C1. The lowest BCUT2D eigenvalue weighted by Gasteiger charge is -2.43. The van der Waals surface area contributed by atoms with Gasteiger partial charge in [-0.3, -0.25) is 10.00 Å². The van der Waals surface area contributed by atoms with E-state index in [1.165, 1.54) is 12.8 Å². The van der Waals surface area contributed by atoms with Crippen LogP contribution in [0.15, 0.2) is 4.90 Å². The lowest BCUT2D eigenvalue weighted by atomic mass is 10.0. The molecule has 1 aromatic heterocycles. The van der Waals surface area contributed by atoms with Crippen molar-refractivity contribution in [2.45, 2.75) is 43.7 Å². The summed E-state index contributed by atoms with van der Waals surface area (Å²) in [5, 5.41) is 15.9. The van der Waals surface area contributed by atoms with E-state index in [9.17, 15) is 13.5 Å². The first kappa shape index (κ1) is 15.0. The van der Waals surface area contributed by atoms with Crippen LogP contribution in [0.1, 0.15) is 30.7 Å². The summed E-state index contributed by atoms with van der Waals surface area (Å²) in [5.41, 5.74) is 0.698. The van der Waals surface area contributed by atoms with E-state index in [4.69, 9.17) is 0 Å². The smallest absolute Gasteiger partial charge is 0.246 e. The molecule has 118 valence electrons. The molecule has 0 aromatic carbocycles. The molecule has 1 unspecified atom stereocenters. The summed E-state index contributed by atoms with van der Waals surface area (Å²) in [5.74, 6) is 0. The zero-order valence-electron chi connectivity index (χ0n) is 12.2. The molecule has 3 heterocycles. The van der Waals surface area contributed by atoms with Crippen molar-refractivity contribution in [1.82, 2.24) is 19.4 Å². The number of aromatic nitrogens is 2. The average Bonchev–Trinajstić information content (AvgIpc) is 2.88. The number of aliphatic hydroxyl groups is 1. The van der Waals surface area contributed by atoms with Crippen LogP contribution >= 0.6 is 0 Å². The van der Waals surface area contributed by atoms with Crippen LogP contribution in [0.25, 0.3) is 0 Å². The van der Waals surface area contributed by atoms with Crippen molar-refractivity contribution in [3.63, 3.8) is 0 Å². The summed E-state index contributed by atoms with van der Waals surface area (Å²) in [4.78, 5) is 2.54. The normalized spacial score (nSPS) is 25.0. The second-order valence-corrected chi connectivity index (χ2v) is 7.71. The maximum absolute atomic E-state index is 12.9. The van der Waals surface area contributed by atoms with Gasteiger partial charge >= 0.3 is 0 Å². The molecular formula is C13H22N4O3S. The Morgan fingerprint density at radius 3 is 2.90 bits per heavy atom. The van der Waals surface area contributed by atoms with E-state index in [1.54, 1.807) is 11.2 Å². The molecule has 0 aliphatic carbocycles. The monoisotopic (exact) mass is 314 g/mol. The standard InChI is InChI=1S/C13H22N4O3S/c1-10-13(12(9-18)15-14-10)21(19,20)17-7-6-16-5-3-2-4-11(16)8-17/h11,18H,2-9H2,1H3,(H,14,15). The third kappa shape index (κ3) is 2.61. The van der Waals surface area contributed by atoms with Crippen molar-refractivity contribution in [2.24, 2.45) is 0 Å². The number of nitrogens with zero attached hydrogens (tertiary/aromatic N) is 3. The van der Waals surface area contributed by atoms with Crippen molar-refractivity contribution in [2.75, 3.05) is 26.2 Å². The fourth-order valence-electron chi connectivity index (χ4n) is 3.39. The Labute approximate surface area is 125 Å². The van der Waals surface area contributed by atoms with E-state index in [-0.39, 0.29) is 17.2 Å². The number of piperidine rings is 1. The van der Waals surface area contributed by atoms with Crippen LogP contribution < -0.4 is 0 Å². The van der Waals surface area contributed by atoms with Gasteiger partial charge in [0.25, 0.3) is 0 Å². The highest BCUT2D eigenvalue weighted by molar-refractivity contribution is 7.89. The third-order valence-electron chi connectivity index (χ3n) is 4.51. The molecule has 0 radical (unpaired) electrons. The summed E-state index contributed by atoms with van der Waals surface area (Å²) in [6.07, 6.45) is 3.43. The number of fused-ring (bicyclic) bond motifs is 1. The van der Waals surface area contributed by atoms with E-state index in [1.807, 2.05) is 0 Å². The highest BCUT2D eigenvalue weighted by atomic mass is 32.2. The number of rotatable bonds is 3. The second-order valence-electron chi connectivity index (χ2n) is 5.83. The van der Waals surface area contributed by atoms with E-state index < -0.39 is 10.0 Å². The molecule has 7 nitrogen and oxygen atoms in total. The molecule has 21 heavy (non-hydrogen) atoms. The maximum Gasteiger partial charge on any atom is 0.246 e. The Morgan fingerprint density at radius 1 is 1.33 bits per heavy atom. The molecule has 0 saturated carbocycles. The Morgan fingerprint density at radius 2 is 2.14 bits per heavy atom. The van der Waals surface area contributed by atoms with E-state index in [2.05, 4.69) is 15.1 Å². The number of sulfonamides is 1. The highest BCUT2D eigenvalue weighted by Crippen LogP contribution is 2.27. The number of nitrogens with one attached hydrogen (secondary N) is 1. The summed E-state index contributed by atoms with van der Waals surface area (Å²) in [6, 6.07) is 0.326. The Hall–Kier alpha value is -0.960. The van der Waals surface area contributed by atoms with E-state index >= 15 is 0 Å². The van der Waals surface area contributed by atoms with Crippen molar-refractivity contribution in [1.29, 1.82) is 0 Å². The largest absolute Gasteiger partial charge is 0.390 e. The third-order valence-corrected chi connectivity index (χ3v) is 6.58. The fourth-order valence-corrected chi connectivity index (χ4v) is 5.18. The topological polar surface area (TPSA) is 89.5 Å². The average molecular weight is 314 g/mol. The Kier molecular flexibility index (Phi) is 4.04. The molecule has 2 fully saturated rings. The van der Waals surface area contributed by atoms with Crippen molar-refractivity contribution < 1.29 is 13.5 Å². The minimum Gasteiger partial charge on any atom is -0.390 e. The van der Waals surface area contributed by atoms with Gasteiger partial charge in [-0.05, 0) is 26.3 Å². The quantitative estimate of drug-likeness (QED) is 0.824. The van der Waals surface area contributed by atoms with Crippen LogP contribution in [0.3, 0.4) is 0 Å². The van der Waals surface area contributed by atoms with Gasteiger partial charge in [0.15, 0.2) is 0 Å². The molecule has 0 spiro atoms. The van der Waals surface area contributed by atoms with Crippen LogP contribution in [0, 0.1) is 6.92 Å². The lowest BCUT2D eigenvalue weighted by Crippen LogP contribution is -2.56. The summed E-state index contributed by atoms with van der Waals surface area (Å²) in [7, 11) is -3.59. The highest BCUT2D eigenvalue weighted by Gasteiger charge is 2.37. The minimum atomic E-state index is -3.59. The number of hydrogen-bond donors (Lipinski definition) is 2. The molecule has 1 aromatic rings. The molecule has 2 aliphatic heterocycles. The molecular weight excluding hydrogens is 292 g/mol. The fraction of sp³-hybridized carbons (Fsp3) is 0.769. The molecule has 2 saturated heterocycles. The Bertz CT molecular complexity index is 613. The Balaban J connectivity index is 1.87. The van der Waals surface area contributed by atoms with Crippen LogP contribution in [0.5, 0.6) is 0 Å². The molecule has 2 N–H and O–H groups in total. The molecule has 0 amide bonds. The van der Waals surface area contributed by atoms with Gasteiger partial charge in [0.2, 0.25) is 10.0 Å². The van der Waals surface area contributed by atoms with Gasteiger partial charge in [-0.1, -0.05) is 6.42 Å². The first-order chi connectivity index (χ1) is 10.0. The van der Waals surface area contributed by atoms with Crippen LogP contribution in [-0.4, -0.2) is 65.1 Å². The van der Waals surface area contributed by atoms with Crippen molar-refractivity contribution in [3.8, 4) is 0 Å². The van der Waals surface area contributed by atoms with Crippen LogP contribution in [0.2, 0.25) is 0 Å². The van der Waals surface area contributed by atoms with Gasteiger partial charge in [0.05, 0.1) is 12.3 Å². The summed E-state index contributed by atoms with van der Waals surface area (Å²) < 4.78 is 27.3. The number of aromatic amines is 1. The summed E-state index contributed by atoms with van der Waals surface area (Å²) >= 11 is 0. The van der Waals surface area contributed by atoms with Gasteiger partial charge in [-0.25, -0.2) is 8.42 Å². The molecule has 2 aliphatic rings. The lowest BCUT2D eigenvalue weighted by molar-refractivity contribution is 0.0851. The van der Waals surface area contributed by atoms with Gasteiger partial charge < -0.3 is 5.11 Å². The second kappa shape index (κ2) is 5.68. The number of H-pyrrole nitrogens is 1. The molecule has 1 atom stereocenters.